The lowest BCUT2D eigenvalue weighted by atomic mass is 10.1. The second-order valence-electron chi connectivity index (χ2n) is 7.16. The van der Waals surface area contributed by atoms with Gasteiger partial charge < -0.3 is 19.5 Å². The molecule has 0 saturated carbocycles. The molecule has 6 nitrogen and oxygen atoms in total. The monoisotopic (exact) mass is 420 g/mol. The molecule has 0 aliphatic carbocycles. The molecule has 0 aliphatic heterocycles. The first-order valence-electron chi connectivity index (χ1n) is 10.3. The molecule has 31 heavy (non-hydrogen) atoms. The fraction of sp³-hybridized carbons (Fsp3) is 0.280. The van der Waals surface area contributed by atoms with E-state index in [0.29, 0.717) is 41.5 Å². The van der Waals surface area contributed by atoms with Crippen LogP contribution in [0.3, 0.4) is 0 Å². The first-order chi connectivity index (χ1) is 15.0. The van der Waals surface area contributed by atoms with Gasteiger partial charge in [-0.1, -0.05) is 0 Å². The number of nitrogens with zero attached hydrogens (tertiary/aromatic N) is 1. The summed E-state index contributed by atoms with van der Waals surface area (Å²) in [6.07, 6.45) is 0.807. The number of amides is 1. The maximum Gasteiger partial charge on any atom is 0.257 e. The fourth-order valence-electron chi connectivity index (χ4n) is 3.19. The molecule has 0 fully saturated rings. The van der Waals surface area contributed by atoms with E-state index in [4.69, 9.17) is 14.2 Å². The summed E-state index contributed by atoms with van der Waals surface area (Å²) in [5.74, 6) is 1.96. The summed E-state index contributed by atoms with van der Waals surface area (Å²) < 4.78 is 16.5. The summed E-state index contributed by atoms with van der Waals surface area (Å²) in [7, 11) is 1.62. The fourth-order valence-corrected chi connectivity index (χ4v) is 3.19. The molecule has 6 heteroatoms. The average molecular weight is 421 g/mol. The van der Waals surface area contributed by atoms with Crippen molar-refractivity contribution in [2.75, 3.05) is 19.0 Å². The smallest absolute Gasteiger partial charge is 0.257 e. The van der Waals surface area contributed by atoms with E-state index < -0.39 is 0 Å². The molecular formula is C25H28N2O4. The third kappa shape index (κ3) is 6.30. The van der Waals surface area contributed by atoms with Crippen LogP contribution in [0.15, 0.2) is 60.7 Å². The number of hydrogen-bond donors (Lipinski definition) is 1. The summed E-state index contributed by atoms with van der Waals surface area (Å²) in [4.78, 5) is 17.2. The van der Waals surface area contributed by atoms with E-state index in [1.807, 2.05) is 69.3 Å². The predicted octanol–water partition coefficient (Wildman–Crippen LogP) is 5.41. The van der Waals surface area contributed by atoms with Crippen molar-refractivity contribution in [1.82, 2.24) is 4.98 Å². The number of pyridine rings is 1. The van der Waals surface area contributed by atoms with Crippen molar-refractivity contribution < 1.29 is 19.0 Å². The number of nitrogens with one attached hydrogen (secondary N) is 1. The van der Waals surface area contributed by atoms with E-state index in [1.165, 1.54) is 0 Å². The summed E-state index contributed by atoms with van der Waals surface area (Å²) in [6.45, 7) is 6.50. The largest absolute Gasteiger partial charge is 0.497 e. The molecule has 0 spiro atoms. The van der Waals surface area contributed by atoms with Gasteiger partial charge in [-0.15, -0.1) is 0 Å². The third-order valence-corrected chi connectivity index (χ3v) is 4.74. The molecule has 0 radical (unpaired) electrons. The normalized spacial score (nSPS) is 11.6. The van der Waals surface area contributed by atoms with Crippen LogP contribution in [-0.4, -0.2) is 30.7 Å². The number of ether oxygens (including phenoxy) is 3. The zero-order chi connectivity index (χ0) is 22.2. The first kappa shape index (κ1) is 22.3. The molecule has 3 rings (SSSR count). The minimum Gasteiger partial charge on any atom is -0.497 e. The van der Waals surface area contributed by atoms with E-state index in [1.54, 1.807) is 19.2 Å². The second-order valence-corrected chi connectivity index (χ2v) is 7.16. The highest BCUT2D eigenvalue weighted by Crippen LogP contribution is 2.25. The Bertz CT molecular complexity index is 1000. The molecule has 0 aliphatic rings. The van der Waals surface area contributed by atoms with Crippen LogP contribution in [-0.2, 0) is 11.2 Å². The average Bonchev–Trinajstić information content (AvgIpc) is 2.76. The van der Waals surface area contributed by atoms with Crippen molar-refractivity contribution in [1.29, 1.82) is 0 Å². The summed E-state index contributed by atoms with van der Waals surface area (Å²) >= 11 is 0. The third-order valence-electron chi connectivity index (χ3n) is 4.74. The zero-order valence-corrected chi connectivity index (χ0v) is 18.3. The lowest BCUT2D eigenvalue weighted by Gasteiger charge is -2.13. The van der Waals surface area contributed by atoms with Crippen LogP contribution in [0.25, 0.3) is 0 Å². The van der Waals surface area contributed by atoms with Crippen LogP contribution < -0.4 is 14.8 Å². The molecule has 0 bridgehead atoms. The maximum absolute atomic E-state index is 12.7. The Kier molecular flexibility index (Phi) is 7.62. The van der Waals surface area contributed by atoms with Gasteiger partial charge in [-0.3, -0.25) is 9.78 Å². The van der Waals surface area contributed by atoms with Crippen molar-refractivity contribution in [3.05, 3.63) is 77.6 Å². The molecule has 1 N–H and O–H groups in total. The number of rotatable bonds is 9. The first-order valence-corrected chi connectivity index (χ1v) is 10.3. The Labute approximate surface area is 183 Å². The quantitative estimate of drug-likeness (QED) is 0.501. The number of carbonyl (C=O) groups is 1. The molecule has 1 amide bonds. The summed E-state index contributed by atoms with van der Waals surface area (Å²) in [6, 6.07) is 18.3. The van der Waals surface area contributed by atoms with Crippen LogP contribution in [0, 0.1) is 6.92 Å². The van der Waals surface area contributed by atoms with Crippen molar-refractivity contribution in [3.8, 4) is 17.2 Å². The van der Waals surface area contributed by atoms with Gasteiger partial charge in [-0.25, -0.2) is 0 Å². The van der Waals surface area contributed by atoms with Gasteiger partial charge in [0, 0.05) is 24.4 Å². The van der Waals surface area contributed by atoms with Crippen LogP contribution in [0.1, 0.15) is 35.6 Å². The number of hydrogen-bond acceptors (Lipinski definition) is 5. The second kappa shape index (κ2) is 10.6. The van der Waals surface area contributed by atoms with Gasteiger partial charge >= 0.3 is 0 Å². The van der Waals surface area contributed by atoms with Gasteiger partial charge in [0.2, 0.25) is 0 Å². The summed E-state index contributed by atoms with van der Waals surface area (Å²) in [5.41, 5.74) is 2.83. The van der Waals surface area contributed by atoms with Gasteiger partial charge in [-0.2, -0.15) is 0 Å². The minimum atomic E-state index is -0.196. The number of aromatic nitrogens is 1. The number of anilines is 1. The molecule has 162 valence electrons. The van der Waals surface area contributed by atoms with Gasteiger partial charge in [0.05, 0.1) is 24.5 Å². The Balaban J connectivity index is 1.61. The Morgan fingerprint density at radius 2 is 1.58 bits per heavy atom. The topological polar surface area (TPSA) is 69.7 Å². The lowest BCUT2D eigenvalue weighted by molar-refractivity contribution is 0.0761. The van der Waals surface area contributed by atoms with Gasteiger partial charge in [-0.05, 0) is 81.4 Å². The van der Waals surface area contributed by atoms with Crippen LogP contribution in [0.5, 0.6) is 17.2 Å². The van der Waals surface area contributed by atoms with Gasteiger partial charge in [0.1, 0.15) is 17.2 Å². The predicted molar refractivity (Wildman–Crippen MR) is 121 cm³/mol. The Morgan fingerprint density at radius 3 is 2.16 bits per heavy atom. The summed E-state index contributed by atoms with van der Waals surface area (Å²) in [5, 5.41) is 2.91. The number of methoxy groups -OCH3 is 1. The maximum atomic E-state index is 12.7. The molecular weight excluding hydrogens is 392 g/mol. The molecule has 2 aromatic carbocycles. The molecule has 0 saturated heterocycles. The van der Waals surface area contributed by atoms with Crippen molar-refractivity contribution in [2.45, 2.75) is 33.3 Å². The number of aryl methyl sites for hydroxylation is 1. The molecule has 1 unspecified atom stereocenters. The highest BCUT2D eigenvalue weighted by Gasteiger charge is 2.13. The SMILES string of the molecule is CCOC(C)Cc1ccc(C(=O)Nc2ccc(Oc3ccc(OC)cc3)cc2)c(C)n1. The Hall–Kier alpha value is -3.38. The van der Waals surface area contributed by atoms with Crippen LogP contribution >= 0.6 is 0 Å². The van der Waals surface area contributed by atoms with E-state index in [0.717, 1.165) is 11.4 Å². The standard InChI is InChI=1S/C25H28N2O4/c1-5-30-17(2)16-20-8-15-24(18(3)26-20)25(28)27-19-6-9-22(10-7-19)31-23-13-11-21(29-4)12-14-23/h6-15,17H,5,16H2,1-4H3,(H,27,28). The van der Waals surface area contributed by atoms with E-state index in [9.17, 15) is 4.79 Å². The van der Waals surface area contributed by atoms with E-state index in [2.05, 4.69) is 10.3 Å². The highest BCUT2D eigenvalue weighted by molar-refractivity contribution is 6.05. The van der Waals surface area contributed by atoms with E-state index in [-0.39, 0.29) is 12.0 Å². The molecule has 1 atom stereocenters. The van der Waals surface area contributed by atoms with Gasteiger partial charge in [0.15, 0.2) is 0 Å². The minimum absolute atomic E-state index is 0.0928. The highest BCUT2D eigenvalue weighted by atomic mass is 16.5. The van der Waals surface area contributed by atoms with Gasteiger partial charge in [0.25, 0.3) is 5.91 Å². The Morgan fingerprint density at radius 1 is 0.968 bits per heavy atom. The van der Waals surface area contributed by atoms with Crippen molar-refractivity contribution >= 4 is 11.6 Å². The van der Waals surface area contributed by atoms with Crippen molar-refractivity contribution in [2.24, 2.45) is 0 Å². The molecule has 1 heterocycles. The van der Waals surface area contributed by atoms with E-state index >= 15 is 0 Å². The lowest BCUT2D eigenvalue weighted by Crippen LogP contribution is -2.16. The zero-order valence-electron chi connectivity index (χ0n) is 18.3. The van der Waals surface area contributed by atoms with Crippen molar-refractivity contribution in [3.63, 3.8) is 0 Å². The number of benzene rings is 2. The molecule has 3 aromatic rings. The molecule has 1 aromatic heterocycles. The number of carbonyl (C=O) groups excluding carboxylic acids is 1. The van der Waals surface area contributed by atoms with Crippen LogP contribution in [0.2, 0.25) is 0 Å². The van der Waals surface area contributed by atoms with Crippen LogP contribution in [0.4, 0.5) is 5.69 Å².